The van der Waals surface area contributed by atoms with Gasteiger partial charge in [-0.1, -0.05) is 12.5 Å². The largest absolute Gasteiger partial charge is 0.277 e. The number of hydrogen-bond acceptors (Lipinski definition) is 4. The lowest BCUT2D eigenvalue weighted by Gasteiger charge is -2.32. The summed E-state index contributed by atoms with van der Waals surface area (Å²) in [4.78, 5) is 17.4. The van der Waals surface area contributed by atoms with Crippen molar-refractivity contribution < 1.29 is 18.0 Å². The third kappa shape index (κ3) is 3.57. The number of hydroxylamine groups is 2. The van der Waals surface area contributed by atoms with E-state index in [0.717, 1.165) is 24.3 Å². The van der Waals surface area contributed by atoms with Gasteiger partial charge in [0.25, 0.3) is 5.91 Å². The van der Waals surface area contributed by atoms with Gasteiger partial charge in [-0.25, -0.2) is 13.5 Å². The van der Waals surface area contributed by atoms with E-state index in [4.69, 9.17) is 4.84 Å². The van der Waals surface area contributed by atoms with Crippen LogP contribution in [0.3, 0.4) is 0 Å². The Bertz CT molecular complexity index is 687. The minimum absolute atomic E-state index is 0.0177. The molecule has 1 saturated heterocycles. The highest BCUT2D eigenvalue weighted by molar-refractivity contribution is 7.89. The maximum atomic E-state index is 12.9. The summed E-state index contributed by atoms with van der Waals surface area (Å²) in [6, 6.07) is 4.66. The minimum Gasteiger partial charge on any atom is -0.274 e. The van der Waals surface area contributed by atoms with Gasteiger partial charge >= 0.3 is 0 Å². The van der Waals surface area contributed by atoms with Gasteiger partial charge in [0.05, 0.1) is 12.0 Å². The summed E-state index contributed by atoms with van der Waals surface area (Å²) in [7, 11) is -0.707. The average Bonchev–Trinajstić information content (AvgIpc) is 2.53. The van der Waals surface area contributed by atoms with E-state index in [2.05, 4.69) is 0 Å². The van der Waals surface area contributed by atoms with Crippen molar-refractivity contribution >= 4 is 15.9 Å². The number of nitrogens with zero attached hydrogens (tertiary/aromatic N) is 2. The number of carbonyl (C=O) groups excluding carboxylic acids is 1. The van der Waals surface area contributed by atoms with Crippen LogP contribution >= 0.6 is 0 Å². The van der Waals surface area contributed by atoms with Crippen LogP contribution in [0.25, 0.3) is 0 Å². The summed E-state index contributed by atoms with van der Waals surface area (Å²) in [5.74, 6) is -0.367. The molecule has 0 saturated carbocycles. The topological polar surface area (TPSA) is 66.9 Å². The Labute approximate surface area is 138 Å². The van der Waals surface area contributed by atoms with Gasteiger partial charge in [0.15, 0.2) is 0 Å². The van der Waals surface area contributed by atoms with Crippen molar-refractivity contribution in [3.8, 4) is 0 Å². The first-order valence-corrected chi connectivity index (χ1v) is 9.17. The molecule has 7 heteroatoms. The Morgan fingerprint density at radius 3 is 2.65 bits per heavy atom. The van der Waals surface area contributed by atoms with Crippen LogP contribution in [-0.2, 0) is 14.9 Å². The monoisotopic (exact) mass is 340 g/mol. The Kier molecular flexibility index (Phi) is 5.44. The van der Waals surface area contributed by atoms with Gasteiger partial charge in [-0.05, 0) is 44.4 Å². The third-order valence-electron chi connectivity index (χ3n) is 4.35. The zero-order valence-electron chi connectivity index (χ0n) is 14.1. The molecule has 1 aliphatic rings. The third-order valence-corrected chi connectivity index (χ3v) is 6.36. The summed E-state index contributed by atoms with van der Waals surface area (Å²) < 4.78 is 27.3. The molecule has 2 rings (SSSR count). The number of piperidine rings is 1. The van der Waals surface area contributed by atoms with Gasteiger partial charge in [0, 0.05) is 25.2 Å². The molecule has 23 heavy (non-hydrogen) atoms. The van der Waals surface area contributed by atoms with Crippen LogP contribution in [0.4, 0.5) is 0 Å². The molecular weight excluding hydrogens is 316 g/mol. The Morgan fingerprint density at radius 1 is 1.35 bits per heavy atom. The zero-order valence-corrected chi connectivity index (χ0v) is 14.9. The highest BCUT2D eigenvalue weighted by atomic mass is 32.2. The summed E-state index contributed by atoms with van der Waals surface area (Å²) in [5, 5.41) is 1.09. The first-order chi connectivity index (χ1) is 10.8. The maximum Gasteiger partial charge on any atom is 0.277 e. The fourth-order valence-electron chi connectivity index (χ4n) is 2.81. The standard InChI is InChI=1S/C16H24N2O4S/c1-12-8-9-14(11-15(12)16(19)17(3)22-4)23(20,21)18-10-6-5-7-13(18)2/h8-9,11,13H,5-7,10H2,1-4H3. The lowest BCUT2D eigenvalue weighted by molar-refractivity contribution is -0.0757. The molecule has 1 aromatic rings. The van der Waals surface area contributed by atoms with E-state index in [-0.39, 0.29) is 16.8 Å². The van der Waals surface area contributed by atoms with Crippen molar-refractivity contribution in [3.63, 3.8) is 0 Å². The van der Waals surface area contributed by atoms with Gasteiger partial charge < -0.3 is 0 Å². The van der Waals surface area contributed by atoms with E-state index in [9.17, 15) is 13.2 Å². The molecule has 128 valence electrons. The predicted molar refractivity (Wildman–Crippen MR) is 87.5 cm³/mol. The van der Waals surface area contributed by atoms with Crippen molar-refractivity contribution in [3.05, 3.63) is 29.3 Å². The fraction of sp³-hybridized carbons (Fsp3) is 0.562. The number of carbonyl (C=O) groups is 1. The molecule has 1 aromatic carbocycles. The number of amides is 1. The molecule has 1 atom stereocenters. The van der Waals surface area contributed by atoms with Gasteiger partial charge in [-0.2, -0.15) is 4.31 Å². The molecule has 1 fully saturated rings. The highest BCUT2D eigenvalue weighted by Crippen LogP contribution is 2.26. The lowest BCUT2D eigenvalue weighted by atomic mass is 10.1. The summed E-state index contributed by atoms with van der Waals surface area (Å²) >= 11 is 0. The van der Waals surface area contributed by atoms with Crippen LogP contribution in [0.1, 0.15) is 42.1 Å². The molecule has 0 N–H and O–H groups in total. The second-order valence-corrected chi connectivity index (χ2v) is 7.81. The molecule has 0 aromatic heterocycles. The molecule has 1 aliphatic heterocycles. The maximum absolute atomic E-state index is 12.9. The van der Waals surface area contributed by atoms with Crippen LogP contribution in [0, 0.1) is 6.92 Å². The highest BCUT2D eigenvalue weighted by Gasteiger charge is 2.31. The lowest BCUT2D eigenvalue weighted by Crippen LogP contribution is -2.42. The number of aryl methyl sites for hydroxylation is 1. The quantitative estimate of drug-likeness (QED) is 0.788. The molecule has 1 amide bonds. The summed E-state index contributed by atoms with van der Waals surface area (Å²) in [5.41, 5.74) is 1.05. The fourth-order valence-corrected chi connectivity index (χ4v) is 4.53. The number of sulfonamides is 1. The van der Waals surface area contributed by atoms with Crippen LogP contribution in [0.15, 0.2) is 23.1 Å². The van der Waals surface area contributed by atoms with Crippen LogP contribution in [0.2, 0.25) is 0 Å². The van der Waals surface area contributed by atoms with Crippen molar-refractivity contribution in [2.24, 2.45) is 0 Å². The van der Waals surface area contributed by atoms with Crippen molar-refractivity contribution in [2.45, 2.75) is 44.0 Å². The van der Waals surface area contributed by atoms with Crippen LogP contribution in [-0.4, -0.2) is 50.4 Å². The first-order valence-electron chi connectivity index (χ1n) is 7.73. The van der Waals surface area contributed by atoms with Crippen LogP contribution in [0.5, 0.6) is 0 Å². The molecule has 0 spiro atoms. The Morgan fingerprint density at radius 2 is 2.04 bits per heavy atom. The molecule has 1 unspecified atom stereocenters. The van der Waals surface area contributed by atoms with Crippen LogP contribution < -0.4 is 0 Å². The predicted octanol–water partition coefficient (Wildman–Crippen LogP) is 2.19. The summed E-state index contributed by atoms with van der Waals surface area (Å²) in [6.07, 6.45) is 2.78. The van der Waals surface area contributed by atoms with Gasteiger partial charge in [0.1, 0.15) is 0 Å². The first kappa shape index (κ1) is 17.9. The van der Waals surface area contributed by atoms with E-state index >= 15 is 0 Å². The molecule has 0 aliphatic carbocycles. The van der Waals surface area contributed by atoms with Gasteiger partial charge in [-0.15, -0.1) is 0 Å². The molecule has 6 nitrogen and oxygen atoms in total. The number of rotatable bonds is 4. The Balaban J connectivity index is 2.42. The smallest absolute Gasteiger partial charge is 0.274 e. The van der Waals surface area contributed by atoms with Gasteiger partial charge in [-0.3, -0.25) is 9.63 Å². The van der Waals surface area contributed by atoms with Crippen molar-refractivity contribution in [2.75, 3.05) is 20.7 Å². The average molecular weight is 340 g/mol. The zero-order chi connectivity index (χ0) is 17.2. The second kappa shape index (κ2) is 6.98. The molecule has 1 heterocycles. The Hall–Kier alpha value is -1.44. The second-order valence-electron chi connectivity index (χ2n) is 5.92. The van der Waals surface area contributed by atoms with Crippen molar-refractivity contribution in [1.82, 2.24) is 9.37 Å². The van der Waals surface area contributed by atoms with E-state index in [1.165, 1.54) is 24.5 Å². The minimum atomic E-state index is -3.59. The van der Waals surface area contributed by atoms with Gasteiger partial charge in [0.2, 0.25) is 10.0 Å². The van der Waals surface area contributed by atoms with E-state index < -0.39 is 10.0 Å². The van der Waals surface area contributed by atoms with E-state index in [1.807, 2.05) is 6.92 Å². The molecule has 0 bridgehead atoms. The SMILES string of the molecule is CON(C)C(=O)c1cc(S(=O)(=O)N2CCCCC2C)ccc1C. The number of benzene rings is 1. The van der Waals surface area contributed by atoms with E-state index in [0.29, 0.717) is 17.7 Å². The van der Waals surface area contributed by atoms with Crippen molar-refractivity contribution in [1.29, 1.82) is 0 Å². The van der Waals surface area contributed by atoms with E-state index in [1.54, 1.807) is 19.1 Å². The normalized spacial score (nSPS) is 19.6. The molecular formula is C16H24N2O4S. The summed E-state index contributed by atoms with van der Waals surface area (Å²) in [6.45, 7) is 4.23. The number of hydrogen-bond donors (Lipinski definition) is 0. The molecule has 0 radical (unpaired) electrons.